The molecule has 1 atom stereocenters. The highest BCUT2D eigenvalue weighted by Crippen LogP contribution is 2.38. The molecule has 0 aromatic carbocycles. The third-order valence-electron chi connectivity index (χ3n) is 3.96. The third-order valence-corrected chi connectivity index (χ3v) is 5.36. The van der Waals surface area contributed by atoms with Gasteiger partial charge in [0, 0.05) is 19.0 Å². The van der Waals surface area contributed by atoms with Crippen molar-refractivity contribution >= 4 is 16.1 Å². The summed E-state index contributed by atoms with van der Waals surface area (Å²) < 4.78 is 30.3. The number of nitrogens with zero attached hydrogens (tertiary/aromatic N) is 2. The zero-order chi connectivity index (χ0) is 18.4. The van der Waals surface area contributed by atoms with E-state index in [1.54, 1.807) is 6.92 Å². The standard InChI is InChI=1S/C15H27N5O4S/c1-4-25(22,23)17-9-5-8-16-15(21)18-12(10(2)3)14-19-13(20-24-14)11-6-7-11/h10-12,17H,4-9H2,1-3H3,(H2,16,18,21). The summed E-state index contributed by atoms with van der Waals surface area (Å²) in [5.41, 5.74) is 0. The summed E-state index contributed by atoms with van der Waals surface area (Å²) in [7, 11) is -3.19. The highest BCUT2D eigenvalue weighted by atomic mass is 32.2. The Kier molecular flexibility index (Phi) is 6.77. The second-order valence-corrected chi connectivity index (χ2v) is 8.63. The highest BCUT2D eigenvalue weighted by Gasteiger charge is 2.31. The van der Waals surface area contributed by atoms with Crippen LogP contribution in [0.2, 0.25) is 0 Å². The minimum absolute atomic E-state index is 0.0456. The van der Waals surface area contributed by atoms with E-state index in [1.165, 1.54) is 0 Å². The molecule has 10 heteroatoms. The van der Waals surface area contributed by atoms with E-state index in [4.69, 9.17) is 4.52 Å². The summed E-state index contributed by atoms with van der Waals surface area (Å²) in [6.07, 6.45) is 2.67. The maximum atomic E-state index is 12.0. The molecule has 0 aliphatic heterocycles. The molecular formula is C15H27N5O4S. The number of amides is 2. The number of rotatable bonds is 10. The topological polar surface area (TPSA) is 126 Å². The van der Waals surface area contributed by atoms with E-state index in [0.717, 1.165) is 12.8 Å². The van der Waals surface area contributed by atoms with Gasteiger partial charge in [-0.25, -0.2) is 17.9 Å². The van der Waals surface area contributed by atoms with E-state index in [-0.39, 0.29) is 23.7 Å². The molecular weight excluding hydrogens is 346 g/mol. The van der Waals surface area contributed by atoms with Crippen LogP contribution >= 0.6 is 0 Å². The third kappa shape index (κ3) is 6.28. The van der Waals surface area contributed by atoms with Gasteiger partial charge >= 0.3 is 6.03 Å². The molecule has 9 nitrogen and oxygen atoms in total. The van der Waals surface area contributed by atoms with Crippen LogP contribution in [-0.4, -0.2) is 43.4 Å². The Morgan fingerprint density at radius 3 is 2.64 bits per heavy atom. The predicted octanol–water partition coefficient (Wildman–Crippen LogP) is 1.27. The molecule has 142 valence electrons. The van der Waals surface area contributed by atoms with E-state index in [0.29, 0.717) is 37.1 Å². The first-order valence-electron chi connectivity index (χ1n) is 8.67. The van der Waals surface area contributed by atoms with Crippen molar-refractivity contribution in [2.45, 2.75) is 52.0 Å². The fourth-order valence-electron chi connectivity index (χ4n) is 2.21. The summed E-state index contributed by atoms with van der Waals surface area (Å²) in [6.45, 7) is 6.15. The number of hydrogen-bond donors (Lipinski definition) is 3. The van der Waals surface area contributed by atoms with Crippen molar-refractivity contribution in [2.24, 2.45) is 5.92 Å². The van der Waals surface area contributed by atoms with Gasteiger partial charge in [0.25, 0.3) is 0 Å². The molecule has 1 aromatic rings. The molecule has 1 fully saturated rings. The maximum Gasteiger partial charge on any atom is 0.315 e. The van der Waals surface area contributed by atoms with Gasteiger partial charge in [0.05, 0.1) is 5.75 Å². The summed E-state index contributed by atoms with van der Waals surface area (Å²) in [6, 6.07) is -0.707. The number of carbonyl (C=O) groups is 1. The Hall–Kier alpha value is -1.68. The van der Waals surface area contributed by atoms with E-state index in [9.17, 15) is 13.2 Å². The number of urea groups is 1. The van der Waals surface area contributed by atoms with Gasteiger partial charge < -0.3 is 15.2 Å². The van der Waals surface area contributed by atoms with Crippen molar-refractivity contribution in [1.29, 1.82) is 0 Å². The average Bonchev–Trinajstić information content (AvgIpc) is 3.30. The highest BCUT2D eigenvalue weighted by molar-refractivity contribution is 7.89. The van der Waals surface area contributed by atoms with Crippen LogP contribution in [0.5, 0.6) is 0 Å². The monoisotopic (exact) mass is 373 g/mol. The lowest BCUT2D eigenvalue weighted by Crippen LogP contribution is -2.41. The molecule has 1 aliphatic carbocycles. The van der Waals surface area contributed by atoms with Crippen LogP contribution in [0.1, 0.15) is 63.7 Å². The van der Waals surface area contributed by atoms with Gasteiger partial charge in [-0.15, -0.1) is 0 Å². The first-order chi connectivity index (χ1) is 11.8. The zero-order valence-corrected chi connectivity index (χ0v) is 15.7. The molecule has 1 unspecified atom stereocenters. The lowest BCUT2D eigenvalue weighted by atomic mass is 10.0. The van der Waals surface area contributed by atoms with E-state index < -0.39 is 10.0 Å². The Morgan fingerprint density at radius 2 is 2.04 bits per heavy atom. The van der Waals surface area contributed by atoms with E-state index in [1.807, 2.05) is 13.8 Å². The smallest absolute Gasteiger partial charge is 0.315 e. The molecule has 0 saturated heterocycles. The molecule has 2 amide bonds. The molecule has 25 heavy (non-hydrogen) atoms. The second kappa shape index (κ2) is 8.61. The maximum absolute atomic E-state index is 12.0. The van der Waals surface area contributed by atoms with Crippen LogP contribution in [0.15, 0.2) is 4.52 Å². The lowest BCUT2D eigenvalue weighted by Gasteiger charge is -2.18. The number of aromatic nitrogens is 2. The van der Waals surface area contributed by atoms with Crippen molar-refractivity contribution in [3.8, 4) is 0 Å². The molecule has 0 bridgehead atoms. The normalized spacial score (nSPS) is 16.0. The number of sulfonamides is 1. The van der Waals surface area contributed by atoms with Crippen LogP contribution < -0.4 is 15.4 Å². The Bertz CT molecular complexity index is 669. The molecule has 3 N–H and O–H groups in total. The molecule has 1 saturated carbocycles. The molecule has 0 radical (unpaired) electrons. The quantitative estimate of drug-likeness (QED) is 0.530. The Morgan fingerprint density at radius 1 is 1.32 bits per heavy atom. The van der Waals surface area contributed by atoms with Gasteiger partial charge in [-0.05, 0) is 32.1 Å². The van der Waals surface area contributed by atoms with Gasteiger partial charge in [-0.3, -0.25) is 0 Å². The molecule has 1 heterocycles. The molecule has 1 aliphatic rings. The second-order valence-electron chi connectivity index (χ2n) is 6.54. The number of carbonyl (C=O) groups excluding carboxylic acids is 1. The number of hydrogen-bond acceptors (Lipinski definition) is 6. The van der Waals surface area contributed by atoms with Crippen molar-refractivity contribution in [3.63, 3.8) is 0 Å². The average molecular weight is 373 g/mol. The fraction of sp³-hybridized carbons (Fsp3) is 0.800. The first kappa shape index (κ1) is 19.6. The Balaban J connectivity index is 1.76. The van der Waals surface area contributed by atoms with Crippen molar-refractivity contribution in [3.05, 3.63) is 11.7 Å². The van der Waals surface area contributed by atoms with Crippen LogP contribution in [0, 0.1) is 5.92 Å². The van der Waals surface area contributed by atoms with Gasteiger partial charge in [-0.1, -0.05) is 19.0 Å². The summed E-state index contributed by atoms with van der Waals surface area (Å²) in [5.74, 6) is 1.67. The van der Waals surface area contributed by atoms with Gasteiger partial charge in [-0.2, -0.15) is 4.98 Å². The molecule has 2 rings (SSSR count). The van der Waals surface area contributed by atoms with Gasteiger partial charge in [0.1, 0.15) is 6.04 Å². The minimum Gasteiger partial charge on any atom is -0.338 e. The minimum atomic E-state index is -3.19. The van der Waals surface area contributed by atoms with Crippen LogP contribution in [-0.2, 0) is 10.0 Å². The Labute approximate surface area is 148 Å². The van der Waals surface area contributed by atoms with Gasteiger partial charge in [0.2, 0.25) is 15.9 Å². The molecule has 1 aromatic heterocycles. The van der Waals surface area contributed by atoms with Crippen LogP contribution in [0.25, 0.3) is 0 Å². The van der Waals surface area contributed by atoms with Crippen molar-refractivity contribution in [2.75, 3.05) is 18.8 Å². The predicted molar refractivity (Wildman–Crippen MR) is 92.5 cm³/mol. The summed E-state index contributed by atoms with van der Waals surface area (Å²) in [5, 5.41) is 9.53. The fourth-order valence-corrected chi connectivity index (χ4v) is 2.87. The number of nitrogens with one attached hydrogen (secondary N) is 3. The zero-order valence-electron chi connectivity index (χ0n) is 14.9. The molecule has 0 spiro atoms. The van der Waals surface area contributed by atoms with E-state index in [2.05, 4.69) is 25.5 Å². The van der Waals surface area contributed by atoms with Gasteiger partial charge in [0.15, 0.2) is 5.82 Å². The SMILES string of the molecule is CCS(=O)(=O)NCCCNC(=O)NC(c1nc(C2CC2)no1)C(C)C. The van der Waals surface area contributed by atoms with Crippen molar-refractivity contribution < 1.29 is 17.7 Å². The van der Waals surface area contributed by atoms with Crippen LogP contribution in [0.4, 0.5) is 4.79 Å². The largest absolute Gasteiger partial charge is 0.338 e. The first-order valence-corrected chi connectivity index (χ1v) is 10.3. The summed E-state index contributed by atoms with van der Waals surface area (Å²) >= 11 is 0. The van der Waals surface area contributed by atoms with E-state index >= 15 is 0 Å². The van der Waals surface area contributed by atoms with Crippen molar-refractivity contribution in [1.82, 2.24) is 25.5 Å². The summed E-state index contributed by atoms with van der Waals surface area (Å²) in [4.78, 5) is 16.4. The van der Waals surface area contributed by atoms with Crippen LogP contribution in [0.3, 0.4) is 0 Å². The lowest BCUT2D eigenvalue weighted by molar-refractivity contribution is 0.224.